The summed E-state index contributed by atoms with van der Waals surface area (Å²) in [6, 6.07) is 17.8. The summed E-state index contributed by atoms with van der Waals surface area (Å²) in [4.78, 5) is 39.5. The lowest BCUT2D eigenvalue weighted by molar-refractivity contribution is 0.0192. The molecule has 0 bridgehead atoms. The van der Waals surface area contributed by atoms with E-state index >= 15 is 0 Å². The molecule has 0 aliphatic carbocycles. The Morgan fingerprint density at radius 2 is 1.65 bits per heavy atom. The van der Waals surface area contributed by atoms with Crippen molar-refractivity contribution >= 4 is 40.8 Å². The number of phenolic OH excluding ortho intramolecular Hbond substituents is 2. The maximum atomic E-state index is 14.8. The second-order valence-electron chi connectivity index (χ2n) is 9.97. The summed E-state index contributed by atoms with van der Waals surface area (Å²) in [7, 11) is 1.24. The molecule has 9 nitrogen and oxygen atoms in total. The van der Waals surface area contributed by atoms with Crippen molar-refractivity contribution in [3.05, 3.63) is 101 Å². The first-order valence-corrected chi connectivity index (χ1v) is 13.4. The lowest BCUT2D eigenvalue weighted by Crippen LogP contribution is -2.49. The van der Waals surface area contributed by atoms with Crippen molar-refractivity contribution in [2.24, 2.45) is 0 Å². The highest BCUT2D eigenvalue weighted by atomic mass is 35.5. The minimum absolute atomic E-state index is 0. The number of halogens is 2. The van der Waals surface area contributed by atoms with Crippen LogP contribution in [0.5, 0.6) is 17.2 Å². The molecule has 2 atom stereocenters. The maximum absolute atomic E-state index is 14.8. The van der Waals surface area contributed by atoms with Crippen LogP contribution in [0.4, 0.5) is 4.39 Å². The number of phenols is 2. The lowest BCUT2D eigenvalue weighted by Gasteiger charge is -2.26. The van der Waals surface area contributed by atoms with Crippen molar-refractivity contribution in [3.63, 3.8) is 0 Å². The zero-order valence-corrected chi connectivity index (χ0v) is 23.9. The van der Waals surface area contributed by atoms with Crippen LogP contribution in [0.1, 0.15) is 49.5 Å². The smallest absolute Gasteiger partial charge is 0.338 e. The number of methoxy groups -OCH3 is 1. The summed E-state index contributed by atoms with van der Waals surface area (Å²) < 4.78 is 25.5. The van der Waals surface area contributed by atoms with Crippen molar-refractivity contribution in [3.8, 4) is 17.2 Å². The minimum atomic E-state index is -1.02. The first-order valence-electron chi connectivity index (χ1n) is 13.4. The van der Waals surface area contributed by atoms with Crippen LogP contribution in [0.15, 0.2) is 72.8 Å². The number of nitrogens with one attached hydrogen (secondary N) is 2. The summed E-state index contributed by atoms with van der Waals surface area (Å²) in [5.74, 6) is -4.04. The topological polar surface area (TPSA) is 134 Å². The van der Waals surface area contributed by atoms with Crippen molar-refractivity contribution in [2.75, 3.05) is 20.2 Å². The number of hydrogen-bond donors (Lipinski definition) is 4. The number of carbonyl (C=O) groups excluding carboxylic acids is 3. The zero-order valence-electron chi connectivity index (χ0n) is 23.1. The highest BCUT2D eigenvalue weighted by Crippen LogP contribution is 2.30. The van der Waals surface area contributed by atoms with E-state index in [1.807, 2.05) is 24.3 Å². The van der Waals surface area contributed by atoms with Gasteiger partial charge in [0.05, 0.1) is 24.3 Å². The quantitative estimate of drug-likeness (QED) is 0.174. The van der Waals surface area contributed by atoms with Gasteiger partial charge >= 0.3 is 5.97 Å². The van der Waals surface area contributed by atoms with E-state index in [1.165, 1.54) is 43.5 Å². The van der Waals surface area contributed by atoms with Gasteiger partial charge in [0.2, 0.25) is 0 Å². The lowest BCUT2D eigenvalue weighted by atomic mass is 9.99. The molecule has 1 heterocycles. The Kier molecular flexibility index (Phi) is 9.84. The predicted octanol–water partition coefficient (Wildman–Crippen LogP) is 4.76. The molecule has 1 aliphatic heterocycles. The molecule has 224 valence electrons. The number of fused-ring (bicyclic) bond motifs is 1. The monoisotopic (exact) mass is 608 g/mol. The van der Waals surface area contributed by atoms with Gasteiger partial charge in [0.1, 0.15) is 23.2 Å². The average Bonchev–Trinajstić information content (AvgIpc) is 3.21. The Hall–Kier alpha value is -4.67. The molecular formula is C32H30ClFN2O7. The summed E-state index contributed by atoms with van der Waals surface area (Å²) >= 11 is 0. The molecule has 0 radical (unpaired) electrons. The molecule has 4 N–H and O–H groups in total. The van der Waals surface area contributed by atoms with E-state index < -0.39 is 46.9 Å². The van der Waals surface area contributed by atoms with E-state index in [9.17, 15) is 29.0 Å². The van der Waals surface area contributed by atoms with Gasteiger partial charge in [-0.05, 0) is 66.6 Å². The van der Waals surface area contributed by atoms with Crippen LogP contribution in [0.25, 0.3) is 10.8 Å². The van der Waals surface area contributed by atoms with Gasteiger partial charge in [0.15, 0.2) is 17.3 Å². The normalized spacial score (nSPS) is 16.4. The van der Waals surface area contributed by atoms with E-state index in [2.05, 4.69) is 10.6 Å². The summed E-state index contributed by atoms with van der Waals surface area (Å²) in [6.45, 7) is 0.978. The Labute approximate surface area is 253 Å². The summed E-state index contributed by atoms with van der Waals surface area (Å²) in [6.07, 6.45) is 0.422. The fraction of sp³-hybridized carbons (Fsp3) is 0.219. The Balaban J connectivity index is 0.00000423. The zero-order chi connectivity index (χ0) is 29.8. The first kappa shape index (κ1) is 31.3. The molecule has 4 aromatic carbocycles. The molecule has 1 amide bonds. The second-order valence-corrected chi connectivity index (χ2v) is 9.97. The Morgan fingerprint density at radius 1 is 0.930 bits per heavy atom. The van der Waals surface area contributed by atoms with Crippen LogP contribution in [0.3, 0.4) is 0 Å². The fourth-order valence-corrected chi connectivity index (χ4v) is 5.02. The van der Waals surface area contributed by atoms with Gasteiger partial charge in [-0.2, -0.15) is 0 Å². The van der Waals surface area contributed by atoms with Crippen LogP contribution < -0.4 is 15.4 Å². The molecular weight excluding hydrogens is 579 g/mol. The van der Waals surface area contributed by atoms with Crippen molar-refractivity contribution in [2.45, 2.75) is 25.0 Å². The second kappa shape index (κ2) is 13.5. The number of ether oxygens (including phenoxy) is 2. The molecule has 1 fully saturated rings. The third-order valence-electron chi connectivity index (χ3n) is 7.23. The van der Waals surface area contributed by atoms with Crippen LogP contribution in [0.2, 0.25) is 0 Å². The Bertz CT molecular complexity index is 1680. The van der Waals surface area contributed by atoms with Crippen LogP contribution in [-0.2, 0) is 4.74 Å². The molecule has 43 heavy (non-hydrogen) atoms. The number of esters is 1. The largest absolute Gasteiger partial charge is 0.507 e. The van der Waals surface area contributed by atoms with E-state index in [0.29, 0.717) is 25.9 Å². The van der Waals surface area contributed by atoms with Crippen molar-refractivity contribution in [1.29, 1.82) is 0 Å². The molecule has 1 aliphatic rings. The molecule has 0 saturated carbocycles. The third-order valence-corrected chi connectivity index (χ3v) is 7.23. The standard InChI is InChI=1S/C32H29FN2O7.ClH/c1-41-27-12-11-24(36)28(29(27)33)30(38)20-8-4-9-21(14-20)32(40)42-26-10-5-13-34-17-23(26)35-31(39)22-15-18-6-2-3-7-19(18)16-25(22)37;/h2-4,6-9,11-12,14-16,23,26,34,36-37H,5,10,13,17H2,1H3,(H,35,39);1H/t23-,26-;/m1./s1. The molecule has 4 aromatic rings. The first-order chi connectivity index (χ1) is 20.3. The highest BCUT2D eigenvalue weighted by molar-refractivity contribution is 6.12. The van der Waals surface area contributed by atoms with Gasteiger partial charge in [-0.1, -0.05) is 36.4 Å². The van der Waals surface area contributed by atoms with E-state index in [4.69, 9.17) is 9.47 Å². The van der Waals surface area contributed by atoms with Gasteiger partial charge in [-0.25, -0.2) is 9.18 Å². The molecule has 0 spiro atoms. The highest BCUT2D eigenvalue weighted by Gasteiger charge is 2.30. The molecule has 5 rings (SSSR count). The number of ketones is 1. The van der Waals surface area contributed by atoms with E-state index in [0.717, 1.165) is 16.8 Å². The van der Waals surface area contributed by atoms with Crippen LogP contribution in [0, 0.1) is 5.82 Å². The maximum Gasteiger partial charge on any atom is 0.338 e. The van der Waals surface area contributed by atoms with Gasteiger partial charge in [-0.15, -0.1) is 12.4 Å². The number of hydrogen-bond acceptors (Lipinski definition) is 8. The van der Waals surface area contributed by atoms with Crippen molar-refractivity contribution < 1.29 is 38.5 Å². The van der Waals surface area contributed by atoms with Gasteiger partial charge < -0.3 is 30.3 Å². The molecule has 0 unspecified atom stereocenters. The van der Waals surface area contributed by atoms with Gasteiger partial charge in [-0.3, -0.25) is 9.59 Å². The van der Waals surface area contributed by atoms with Crippen molar-refractivity contribution in [1.82, 2.24) is 10.6 Å². The Morgan fingerprint density at radius 3 is 2.40 bits per heavy atom. The van der Waals surface area contributed by atoms with Crippen LogP contribution >= 0.6 is 12.4 Å². The van der Waals surface area contributed by atoms with Crippen LogP contribution in [-0.4, -0.2) is 60.2 Å². The van der Waals surface area contributed by atoms with E-state index in [1.54, 1.807) is 6.07 Å². The number of aromatic hydroxyl groups is 2. The number of benzene rings is 4. The number of carbonyl (C=O) groups is 3. The van der Waals surface area contributed by atoms with E-state index in [-0.39, 0.29) is 40.6 Å². The average molecular weight is 609 g/mol. The minimum Gasteiger partial charge on any atom is -0.507 e. The third kappa shape index (κ3) is 6.71. The fourth-order valence-electron chi connectivity index (χ4n) is 5.02. The number of rotatable bonds is 7. The number of amides is 1. The summed E-state index contributed by atoms with van der Waals surface area (Å²) in [5.41, 5.74) is -0.471. The molecule has 0 aromatic heterocycles. The SMILES string of the molecule is COc1ccc(O)c(C(=O)c2cccc(C(=O)O[C@@H]3CCCNC[C@H]3NC(=O)c3cc4ccccc4cc3O)c2)c1F.Cl. The molecule has 11 heteroatoms. The van der Waals surface area contributed by atoms with Gasteiger partial charge in [0.25, 0.3) is 5.91 Å². The van der Waals surface area contributed by atoms with Gasteiger partial charge in [0, 0.05) is 12.1 Å². The predicted molar refractivity (Wildman–Crippen MR) is 160 cm³/mol. The summed E-state index contributed by atoms with van der Waals surface area (Å²) in [5, 5.41) is 28.3. The molecule has 1 saturated heterocycles.